The molecule has 1 amide bonds. The first-order valence-electron chi connectivity index (χ1n) is 6.24. The number of carbonyl (C=O) groups excluding carboxylic acids is 1. The molecule has 1 aromatic heterocycles. The summed E-state index contributed by atoms with van der Waals surface area (Å²) in [6.45, 7) is 3.70. The van der Waals surface area contributed by atoms with Crippen molar-refractivity contribution in [2.75, 3.05) is 10.6 Å². The molecule has 0 radical (unpaired) electrons. The molecule has 0 bridgehead atoms. The molecule has 2 N–H and O–H groups in total. The van der Waals surface area contributed by atoms with Gasteiger partial charge < -0.3 is 5.32 Å². The topological polar surface area (TPSA) is 66.9 Å². The van der Waals surface area contributed by atoms with Crippen molar-refractivity contribution in [1.82, 2.24) is 10.2 Å². The third kappa shape index (κ3) is 3.74. The van der Waals surface area contributed by atoms with Gasteiger partial charge in [0.25, 0.3) is 0 Å². The van der Waals surface area contributed by atoms with Crippen molar-refractivity contribution in [2.24, 2.45) is 0 Å². The SMILES string of the molecule is CCc1nnc(NC(=O)[C@H](C)Nc2ccc(F)cc2)s1. The summed E-state index contributed by atoms with van der Waals surface area (Å²) < 4.78 is 12.8. The predicted octanol–water partition coefficient (Wildman–Crippen LogP) is 2.68. The lowest BCUT2D eigenvalue weighted by atomic mass is 10.2. The Labute approximate surface area is 120 Å². The number of benzene rings is 1. The Hall–Kier alpha value is -2.02. The van der Waals surface area contributed by atoms with Crippen LogP contribution in [0, 0.1) is 5.82 Å². The molecule has 0 fully saturated rings. The Morgan fingerprint density at radius 1 is 1.35 bits per heavy atom. The average Bonchev–Trinajstić information content (AvgIpc) is 2.89. The molecule has 1 atom stereocenters. The van der Waals surface area contributed by atoms with Crippen LogP contribution < -0.4 is 10.6 Å². The van der Waals surface area contributed by atoms with E-state index < -0.39 is 6.04 Å². The summed E-state index contributed by atoms with van der Waals surface area (Å²) >= 11 is 1.36. The molecule has 0 aliphatic heterocycles. The van der Waals surface area contributed by atoms with Gasteiger partial charge in [-0.3, -0.25) is 10.1 Å². The Balaban J connectivity index is 1.93. The molecule has 0 unspecified atom stereocenters. The van der Waals surface area contributed by atoms with Gasteiger partial charge in [0.1, 0.15) is 16.9 Å². The van der Waals surface area contributed by atoms with E-state index >= 15 is 0 Å². The van der Waals surface area contributed by atoms with E-state index in [0.717, 1.165) is 11.4 Å². The minimum atomic E-state index is -0.463. The molecule has 5 nitrogen and oxygen atoms in total. The Morgan fingerprint density at radius 2 is 2.05 bits per heavy atom. The van der Waals surface area contributed by atoms with Crippen LogP contribution in [0.5, 0.6) is 0 Å². The Bertz CT molecular complexity index is 584. The second-order valence-electron chi connectivity index (χ2n) is 4.22. The zero-order valence-corrected chi connectivity index (χ0v) is 12.0. The number of rotatable bonds is 5. The highest BCUT2D eigenvalue weighted by Crippen LogP contribution is 2.16. The zero-order chi connectivity index (χ0) is 14.5. The number of halogens is 1. The van der Waals surface area contributed by atoms with Crippen molar-refractivity contribution in [3.8, 4) is 0 Å². The minimum absolute atomic E-state index is 0.215. The quantitative estimate of drug-likeness (QED) is 0.889. The van der Waals surface area contributed by atoms with Crippen LogP contribution in [-0.2, 0) is 11.2 Å². The molecule has 2 aromatic rings. The van der Waals surface area contributed by atoms with E-state index in [9.17, 15) is 9.18 Å². The predicted molar refractivity (Wildman–Crippen MR) is 77.4 cm³/mol. The summed E-state index contributed by atoms with van der Waals surface area (Å²) in [7, 11) is 0. The van der Waals surface area contributed by atoms with Crippen LogP contribution in [0.2, 0.25) is 0 Å². The van der Waals surface area contributed by atoms with Crippen LogP contribution in [0.1, 0.15) is 18.9 Å². The third-order valence-corrected chi connectivity index (χ3v) is 3.60. The molecular weight excluding hydrogens is 279 g/mol. The number of hydrogen-bond donors (Lipinski definition) is 2. The Morgan fingerprint density at radius 3 is 2.65 bits per heavy atom. The number of hydrogen-bond acceptors (Lipinski definition) is 5. The van der Waals surface area contributed by atoms with Crippen molar-refractivity contribution in [2.45, 2.75) is 26.3 Å². The van der Waals surface area contributed by atoms with Crippen LogP contribution in [0.3, 0.4) is 0 Å². The largest absolute Gasteiger partial charge is 0.374 e. The van der Waals surface area contributed by atoms with Gasteiger partial charge in [0, 0.05) is 5.69 Å². The summed E-state index contributed by atoms with van der Waals surface area (Å²) in [4.78, 5) is 12.0. The van der Waals surface area contributed by atoms with Crippen molar-refractivity contribution in [1.29, 1.82) is 0 Å². The molecule has 0 spiro atoms. The first kappa shape index (κ1) is 14.4. The van der Waals surface area contributed by atoms with Gasteiger partial charge in [-0.25, -0.2) is 4.39 Å². The van der Waals surface area contributed by atoms with Gasteiger partial charge in [-0.2, -0.15) is 0 Å². The van der Waals surface area contributed by atoms with Gasteiger partial charge >= 0.3 is 0 Å². The second kappa shape index (κ2) is 6.42. The highest BCUT2D eigenvalue weighted by molar-refractivity contribution is 7.15. The number of aryl methyl sites for hydroxylation is 1. The summed E-state index contributed by atoms with van der Waals surface area (Å²) in [5.41, 5.74) is 0.681. The lowest BCUT2D eigenvalue weighted by Gasteiger charge is -2.13. The molecule has 0 aliphatic carbocycles. The minimum Gasteiger partial charge on any atom is -0.374 e. The Kier molecular flexibility index (Phi) is 4.62. The molecule has 7 heteroatoms. The monoisotopic (exact) mass is 294 g/mol. The van der Waals surface area contributed by atoms with Crippen LogP contribution in [0.15, 0.2) is 24.3 Å². The number of nitrogens with one attached hydrogen (secondary N) is 2. The van der Waals surface area contributed by atoms with Crippen molar-refractivity contribution < 1.29 is 9.18 Å². The smallest absolute Gasteiger partial charge is 0.248 e. The van der Waals surface area contributed by atoms with Crippen LogP contribution >= 0.6 is 11.3 Å². The van der Waals surface area contributed by atoms with Gasteiger partial charge in [0.2, 0.25) is 11.0 Å². The fraction of sp³-hybridized carbons (Fsp3) is 0.308. The van der Waals surface area contributed by atoms with Crippen LogP contribution in [-0.4, -0.2) is 22.1 Å². The highest BCUT2D eigenvalue weighted by Gasteiger charge is 2.14. The standard InChI is InChI=1S/C13H15FN4OS/c1-3-11-17-18-13(20-11)16-12(19)8(2)15-10-6-4-9(14)5-7-10/h4-8,15H,3H2,1-2H3,(H,16,18,19)/t8-/m0/s1. The van der Waals surface area contributed by atoms with E-state index in [-0.39, 0.29) is 11.7 Å². The average molecular weight is 294 g/mol. The fourth-order valence-corrected chi connectivity index (χ4v) is 2.20. The van der Waals surface area contributed by atoms with Gasteiger partial charge in [0.15, 0.2) is 0 Å². The molecular formula is C13H15FN4OS. The van der Waals surface area contributed by atoms with E-state index in [1.54, 1.807) is 19.1 Å². The van der Waals surface area contributed by atoms with Gasteiger partial charge in [-0.15, -0.1) is 10.2 Å². The van der Waals surface area contributed by atoms with Crippen LogP contribution in [0.4, 0.5) is 15.2 Å². The van der Waals surface area contributed by atoms with E-state index in [1.165, 1.54) is 23.5 Å². The summed E-state index contributed by atoms with van der Waals surface area (Å²) in [6.07, 6.45) is 0.789. The maximum absolute atomic E-state index is 12.8. The number of amides is 1. The first-order valence-corrected chi connectivity index (χ1v) is 7.05. The number of nitrogens with zero attached hydrogens (tertiary/aromatic N) is 2. The third-order valence-electron chi connectivity index (χ3n) is 2.62. The van der Waals surface area contributed by atoms with E-state index in [4.69, 9.17) is 0 Å². The number of aromatic nitrogens is 2. The molecule has 20 heavy (non-hydrogen) atoms. The van der Waals surface area contributed by atoms with E-state index in [0.29, 0.717) is 10.8 Å². The van der Waals surface area contributed by atoms with Gasteiger partial charge in [0.05, 0.1) is 0 Å². The van der Waals surface area contributed by atoms with Crippen molar-refractivity contribution in [3.63, 3.8) is 0 Å². The van der Waals surface area contributed by atoms with Crippen molar-refractivity contribution >= 4 is 28.1 Å². The second-order valence-corrected chi connectivity index (χ2v) is 5.28. The van der Waals surface area contributed by atoms with E-state index in [2.05, 4.69) is 20.8 Å². The molecule has 0 saturated carbocycles. The van der Waals surface area contributed by atoms with Gasteiger partial charge in [-0.1, -0.05) is 18.3 Å². The summed E-state index contributed by atoms with van der Waals surface area (Å²) in [6, 6.07) is 5.38. The molecule has 0 aliphatic rings. The summed E-state index contributed by atoms with van der Waals surface area (Å²) in [5.74, 6) is -0.526. The van der Waals surface area contributed by atoms with Gasteiger partial charge in [-0.05, 0) is 37.6 Å². The van der Waals surface area contributed by atoms with Crippen LogP contribution in [0.25, 0.3) is 0 Å². The number of anilines is 2. The van der Waals surface area contributed by atoms with Crippen molar-refractivity contribution in [3.05, 3.63) is 35.1 Å². The molecule has 1 aromatic carbocycles. The highest BCUT2D eigenvalue weighted by atomic mass is 32.1. The molecule has 2 rings (SSSR count). The fourth-order valence-electron chi connectivity index (χ4n) is 1.52. The lowest BCUT2D eigenvalue weighted by Crippen LogP contribution is -2.31. The zero-order valence-electron chi connectivity index (χ0n) is 11.2. The maximum atomic E-state index is 12.8. The molecule has 0 saturated heterocycles. The maximum Gasteiger partial charge on any atom is 0.248 e. The summed E-state index contributed by atoms with van der Waals surface area (Å²) in [5, 5.41) is 14.9. The normalized spacial score (nSPS) is 11.9. The molecule has 106 valence electrons. The first-order chi connectivity index (χ1) is 9.58. The number of carbonyl (C=O) groups is 1. The molecule has 1 heterocycles. The van der Waals surface area contributed by atoms with E-state index in [1.807, 2.05) is 6.92 Å². The lowest BCUT2D eigenvalue weighted by molar-refractivity contribution is -0.116.